The molecule has 0 saturated heterocycles. The lowest BCUT2D eigenvalue weighted by Gasteiger charge is -2.12. The van der Waals surface area contributed by atoms with E-state index in [0.717, 1.165) is 12.3 Å². The molecule has 0 radical (unpaired) electrons. The molecule has 120 valence electrons. The smallest absolute Gasteiger partial charge is 0.257 e. The van der Waals surface area contributed by atoms with Crippen LogP contribution in [0.15, 0.2) is 61.1 Å². The number of carbonyl (C=O) groups excluding carboxylic acids is 1. The maximum absolute atomic E-state index is 13.0. The second-order valence-corrected chi connectivity index (χ2v) is 4.88. The fourth-order valence-corrected chi connectivity index (χ4v) is 2.00. The van der Waals surface area contributed by atoms with Crippen LogP contribution in [0.25, 0.3) is 0 Å². The van der Waals surface area contributed by atoms with Crippen molar-refractivity contribution < 1.29 is 13.6 Å². The van der Waals surface area contributed by atoms with Gasteiger partial charge in [0, 0.05) is 18.1 Å². The summed E-state index contributed by atoms with van der Waals surface area (Å²) in [7, 11) is 0. The molecule has 0 bridgehead atoms. The van der Waals surface area contributed by atoms with E-state index in [1.165, 1.54) is 30.6 Å². The van der Waals surface area contributed by atoms with Crippen LogP contribution in [-0.4, -0.2) is 15.9 Å². The summed E-state index contributed by atoms with van der Waals surface area (Å²) in [6, 6.07) is 9.84. The van der Waals surface area contributed by atoms with E-state index in [9.17, 15) is 13.6 Å². The Hall–Kier alpha value is -3.35. The van der Waals surface area contributed by atoms with Crippen LogP contribution in [0, 0.1) is 11.8 Å². The first-order valence-electron chi connectivity index (χ1n) is 7.01. The number of rotatable bonds is 4. The highest BCUT2D eigenvalue weighted by Crippen LogP contribution is 2.24. The lowest BCUT2D eigenvalue weighted by molar-refractivity contribution is 0.102. The van der Waals surface area contributed by atoms with Crippen molar-refractivity contribution in [2.75, 3.05) is 10.6 Å². The van der Waals surface area contributed by atoms with Gasteiger partial charge in [0.1, 0.15) is 5.82 Å². The molecule has 0 fully saturated rings. The highest BCUT2D eigenvalue weighted by molar-refractivity contribution is 6.05. The molecule has 2 heterocycles. The lowest BCUT2D eigenvalue weighted by Crippen LogP contribution is -2.13. The average molecular weight is 326 g/mol. The van der Waals surface area contributed by atoms with Crippen molar-refractivity contribution in [3.05, 3.63) is 78.4 Å². The van der Waals surface area contributed by atoms with Gasteiger partial charge in [0.25, 0.3) is 5.91 Å². The van der Waals surface area contributed by atoms with Crippen LogP contribution in [0.2, 0.25) is 0 Å². The first-order valence-corrected chi connectivity index (χ1v) is 7.01. The molecule has 3 aromatic rings. The normalized spacial score (nSPS) is 10.2. The van der Waals surface area contributed by atoms with E-state index in [2.05, 4.69) is 20.6 Å². The van der Waals surface area contributed by atoms with E-state index >= 15 is 0 Å². The molecule has 0 spiro atoms. The number of hydrogen-bond donors (Lipinski definition) is 2. The number of benzene rings is 1. The van der Waals surface area contributed by atoms with Gasteiger partial charge in [0.15, 0.2) is 0 Å². The molecular weight excluding hydrogens is 314 g/mol. The van der Waals surface area contributed by atoms with E-state index in [4.69, 9.17) is 0 Å². The maximum atomic E-state index is 13.0. The highest BCUT2D eigenvalue weighted by atomic mass is 19.1. The molecule has 5 nitrogen and oxygen atoms in total. The van der Waals surface area contributed by atoms with Gasteiger partial charge in [-0.05, 0) is 42.5 Å². The molecule has 24 heavy (non-hydrogen) atoms. The minimum absolute atomic E-state index is 0.223. The number of pyridine rings is 2. The predicted molar refractivity (Wildman–Crippen MR) is 86.1 cm³/mol. The average Bonchev–Trinajstić information content (AvgIpc) is 2.59. The number of hydrogen-bond acceptors (Lipinski definition) is 4. The van der Waals surface area contributed by atoms with E-state index in [1.807, 2.05) is 0 Å². The molecule has 0 atom stereocenters. The van der Waals surface area contributed by atoms with Crippen LogP contribution in [0.5, 0.6) is 0 Å². The van der Waals surface area contributed by atoms with Gasteiger partial charge >= 0.3 is 0 Å². The van der Waals surface area contributed by atoms with E-state index in [0.29, 0.717) is 17.1 Å². The number of nitrogens with zero attached hydrogens (tertiary/aromatic N) is 2. The highest BCUT2D eigenvalue weighted by Gasteiger charge is 2.10. The van der Waals surface area contributed by atoms with Gasteiger partial charge in [-0.15, -0.1) is 0 Å². The van der Waals surface area contributed by atoms with E-state index < -0.39 is 11.9 Å². The van der Waals surface area contributed by atoms with Crippen LogP contribution in [0.1, 0.15) is 10.4 Å². The number of halogens is 2. The molecule has 2 N–H and O–H groups in total. The van der Waals surface area contributed by atoms with Gasteiger partial charge in [-0.1, -0.05) is 0 Å². The SMILES string of the molecule is O=C(Nc1ccncc1Nc1ccc(F)cc1)c1ccc(F)nc1. The number of nitrogens with one attached hydrogen (secondary N) is 2. The third kappa shape index (κ3) is 3.70. The Labute approximate surface area is 136 Å². The largest absolute Gasteiger partial charge is 0.353 e. The van der Waals surface area contributed by atoms with E-state index in [1.54, 1.807) is 18.2 Å². The zero-order chi connectivity index (χ0) is 16.9. The van der Waals surface area contributed by atoms with Gasteiger partial charge in [-0.25, -0.2) is 9.37 Å². The molecule has 1 aromatic carbocycles. The summed E-state index contributed by atoms with van der Waals surface area (Å²) in [5.41, 5.74) is 1.88. The topological polar surface area (TPSA) is 66.9 Å². The summed E-state index contributed by atoms with van der Waals surface area (Å²) in [5, 5.41) is 5.75. The Balaban J connectivity index is 1.79. The molecule has 0 saturated carbocycles. The predicted octanol–water partition coefficient (Wildman–Crippen LogP) is 3.75. The standard InChI is InChI=1S/C17H12F2N4O/c18-12-2-4-13(5-3-12)22-15-10-20-8-7-14(15)23-17(24)11-1-6-16(19)21-9-11/h1-10,22H,(H,20,23,24). The molecule has 0 aliphatic rings. The lowest BCUT2D eigenvalue weighted by atomic mass is 10.2. The number of aromatic nitrogens is 2. The fraction of sp³-hybridized carbons (Fsp3) is 0. The summed E-state index contributed by atoms with van der Waals surface area (Å²) in [4.78, 5) is 19.7. The third-order valence-corrected chi connectivity index (χ3v) is 3.18. The van der Waals surface area contributed by atoms with Crippen molar-refractivity contribution in [2.45, 2.75) is 0 Å². The van der Waals surface area contributed by atoms with Crippen molar-refractivity contribution in [1.82, 2.24) is 9.97 Å². The van der Waals surface area contributed by atoms with Crippen LogP contribution < -0.4 is 10.6 Å². The minimum Gasteiger partial charge on any atom is -0.353 e. The first-order chi connectivity index (χ1) is 11.6. The monoisotopic (exact) mass is 326 g/mol. The zero-order valence-electron chi connectivity index (χ0n) is 12.3. The summed E-state index contributed by atoms with van der Waals surface area (Å²) in [5.74, 6) is -1.44. The van der Waals surface area contributed by atoms with Crippen LogP contribution in [0.3, 0.4) is 0 Å². The van der Waals surface area contributed by atoms with Gasteiger partial charge in [-0.2, -0.15) is 4.39 Å². The minimum atomic E-state index is -0.658. The molecule has 0 aliphatic carbocycles. The van der Waals surface area contributed by atoms with Crippen molar-refractivity contribution >= 4 is 23.0 Å². The van der Waals surface area contributed by atoms with Crippen molar-refractivity contribution in [1.29, 1.82) is 0 Å². The quantitative estimate of drug-likeness (QED) is 0.717. The molecule has 0 unspecified atom stereocenters. The number of anilines is 3. The Morgan fingerprint density at radius 2 is 1.71 bits per heavy atom. The van der Waals surface area contributed by atoms with Crippen LogP contribution >= 0.6 is 0 Å². The van der Waals surface area contributed by atoms with Crippen LogP contribution in [0.4, 0.5) is 25.8 Å². The number of amides is 1. The molecular formula is C17H12F2N4O. The zero-order valence-corrected chi connectivity index (χ0v) is 12.3. The molecule has 3 rings (SSSR count). The summed E-state index contributed by atoms with van der Waals surface area (Å²) in [6.07, 6.45) is 4.20. The Morgan fingerprint density at radius 3 is 2.42 bits per heavy atom. The van der Waals surface area contributed by atoms with Crippen LogP contribution in [-0.2, 0) is 0 Å². The fourth-order valence-electron chi connectivity index (χ4n) is 2.00. The summed E-state index contributed by atoms with van der Waals surface area (Å²) >= 11 is 0. The summed E-state index contributed by atoms with van der Waals surface area (Å²) in [6.45, 7) is 0. The first kappa shape index (κ1) is 15.5. The van der Waals surface area contributed by atoms with Gasteiger partial charge in [0.05, 0.1) is 23.1 Å². The van der Waals surface area contributed by atoms with Gasteiger partial charge in [-0.3, -0.25) is 9.78 Å². The number of carbonyl (C=O) groups is 1. The summed E-state index contributed by atoms with van der Waals surface area (Å²) < 4.78 is 25.8. The Morgan fingerprint density at radius 1 is 0.917 bits per heavy atom. The third-order valence-electron chi connectivity index (χ3n) is 3.18. The van der Waals surface area contributed by atoms with E-state index in [-0.39, 0.29) is 11.4 Å². The maximum Gasteiger partial charge on any atom is 0.257 e. The van der Waals surface area contributed by atoms with Crippen molar-refractivity contribution in [3.63, 3.8) is 0 Å². The van der Waals surface area contributed by atoms with Crippen molar-refractivity contribution in [3.8, 4) is 0 Å². The van der Waals surface area contributed by atoms with Gasteiger partial charge in [0.2, 0.25) is 5.95 Å². The molecule has 2 aromatic heterocycles. The van der Waals surface area contributed by atoms with Gasteiger partial charge < -0.3 is 10.6 Å². The Kier molecular flexibility index (Phi) is 4.42. The van der Waals surface area contributed by atoms with Crippen molar-refractivity contribution in [2.24, 2.45) is 0 Å². The molecule has 1 amide bonds. The molecule has 0 aliphatic heterocycles. The molecule has 7 heteroatoms. The second kappa shape index (κ2) is 6.82. The second-order valence-electron chi connectivity index (χ2n) is 4.88. The Bertz CT molecular complexity index is 851.